The SMILES string of the molecule is CC.Cc1ccc(-c2ccc(CCN)cc2)cc1. The van der Waals surface area contributed by atoms with Crippen molar-refractivity contribution in [3.05, 3.63) is 59.7 Å². The van der Waals surface area contributed by atoms with Gasteiger partial charge in [0.15, 0.2) is 0 Å². The van der Waals surface area contributed by atoms with Crippen LogP contribution in [0.25, 0.3) is 11.1 Å². The average Bonchev–Trinajstić information content (AvgIpc) is 2.43. The van der Waals surface area contributed by atoms with Gasteiger partial charge in [0.2, 0.25) is 0 Å². The molecule has 0 aliphatic rings. The third-order valence-corrected chi connectivity index (χ3v) is 2.77. The molecule has 0 saturated carbocycles. The third kappa shape index (κ3) is 4.01. The summed E-state index contributed by atoms with van der Waals surface area (Å²) in [5.41, 5.74) is 10.7. The van der Waals surface area contributed by atoms with E-state index in [0.29, 0.717) is 6.54 Å². The van der Waals surface area contributed by atoms with Crippen molar-refractivity contribution >= 4 is 0 Å². The van der Waals surface area contributed by atoms with Gasteiger partial charge in [-0.3, -0.25) is 0 Å². The first-order valence-electron chi connectivity index (χ1n) is 6.65. The highest BCUT2D eigenvalue weighted by molar-refractivity contribution is 5.63. The van der Waals surface area contributed by atoms with Crippen LogP contribution in [0.2, 0.25) is 0 Å². The Morgan fingerprint density at radius 3 is 1.67 bits per heavy atom. The molecule has 2 aromatic rings. The number of rotatable bonds is 3. The van der Waals surface area contributed by atoms with Crippen molar-refractivity contribution in [2.75, 3.05) is 6.54 Å². The molecular formula is C17H23N. The van der Waals surface area contributed by atoms with Gasteiger partial charge in [0.1, 0.15) is 0 Å². The Balaban J connectivity index is 0.000000771. The summed E-state index contributed by atoms with van der Waals surface area (Å²) in [4.78, 5) is 0. The topological polar surface area (TPSA) is 26.0 Å². The van der Waals surface area contributed by atoms with E-state index >= 15 is 0 Å². The van der Waals surface area contributed by atoms with Crippen LogP contribution < -0.4 is 5.73 Å². The lowest BCUT2D eigenvalue weighted by Gasteiger charge is -2.04. The molecule has 0 bridgehead atoms. The van der Waals surface area contributed by atoms with Crippen LogP contribution in [0.15, 0.2) is 48.5 Å². The number of nitrogens with two attached hydrogens (primary N) is 1. The van der Waals surface area contributed by atoms with E-state index < -0.39 is 0 Å². The van der Waals surface area contributed by atoms with Crippen molar-refractivity contribution in [2.24, 2.45) is 5.73 Å². The Morgan fingerprint density at radius 2 is 1.22 bits per heavy atom. The minimum absolute atomic E-state index is 0.712. The second-order valence-corrected chi connectivity index (χ2v) is 4.10. The van der Waals surface area contributed by atoms with Crippen LogP contribution in [0, 0.1) is 6.92 Å². The van der Waals surface area contributed by atoms with Crippen LogP contribution in [0.5, 0.6) is 0 Å². The van der Waals surface area contributed by atoms with Gasteiger partial charge < -0.3 is 5.73 Å². The normalized spacial score (nSPS) is 9.56. The maximum absolute atomic E-state index is 5.53. The number of benzene rings is 2. The van der Waals surface area contributed by atoms with Gasteiger partial charge in [0.05, 0.1) is 0 Å². The third-order valence-electron chi connectivity index (χ3n) is 2.77. The molecule has 2 rings (SSSR count). The first-order chi connectivity index (χ1) is 8.79. The van der Waals surface area contributed by atoms with Crippen molar-refractivity contribution in [3.8, 4) is 11.1 Å². The molecule has 0 saturated heterocycles. The summed E-state index contributed by atoms with van der Waals surface area (Å²) in [6, 6.07) is 17.2. The van der Waals surface area contributed by atoms with Crippen molar-refractivity contribution in [1.29, 1.82) is 0 Å². The zero-order valence-corrected chi connectivity index (χ0v) is 11.6. The molecule has 0 aliphatic heterocycles. The Labute approximate surface area is 111 Å². The minimum atomic E-state index is 0.712. The molecule has 0 fully saturated rings. The van der Waals surface area contributed by atoms with Crippen molar-refractivity contribution in [1.82, 2.24) is 0 Å². The monoisotopic (exact) mass is 241 g/mol. The van der Waals surface area contributed by atoms with E-state index in [-0.39, 0.29) is 0 Å². The summed E-state index contributed by atoms with van der Waals surface area (Å²) < 4.78 is 0. The molecule has 0 aliphatic carbocycles. The molecular weight excluding hydrogens is 218 g/mol. The van der Waals surface area contributed by atoms with E-state index in [0.717, 1.165) is 6.42 Å². The molecule has 0 unspecified atom stereocenters. The Bertz CT molecular complexity index is 440. The number of aryl methyl sites for hydroxylation is 1. The van der Waals surface area contributed by atoms with Gasteiger partial charge in [-0.15, -0.1) is 0 Å². The molecule has 0 heterocycles. The summed E-state index contributed by atoms with van der Waals surface area (Å²) in [6.07, 6.45) is 0.953. The summed E-state index contributed by atoms with van der Waals surface area (Å²) in [5.74, 6) is 0. The van der Waals surface area contributed by atoms with Crippen molar-refractivity contribution < 1.29 is 0 Å². The highest BCUT2D eigenvalue weighted by Crippen LogP contribution is 2.20. The zero-order chi connectivity index (χ0) is 13.4. The first kappa shape index (κ1) is 14.5. The van der Waals surface area contributed by atoms with Gasteiger partial charge in [-0.1, -0.05) is 67.9 Å². The van der Waals surface area contributed by atoms with Crippen LogP contribution in [0.3, 0.4) is 0 Å². The molecule has 1 nitrogen and oxygen atoms in total. The molecule has 1 heteroatoms. The van der Waals surface area contributed by atoms with Crippen LogP contribution in [0.1, 0.15) is 25.0 Å². The number of hydrogen-bond donors (Lipinski definition) is 1. The quantitative estimate of drug-likeness (QED) is 0.856. The highest BCUT2D eigenvalue weighted by atomic mass is 14.5. The molecule has 0 atom stereocenters. The molecule has 18 heavy (non-hydrogen) atoms. The second-order valence-electron chi connectivity index (χ2n) is 4.10. The maximum Gasteiger partial charge on any atom is -0.00367 e. The predicted octanol–water partition coefficient (Wildman–Crippen LogP) is 4.19. The Kier molecular flexibility index (Phi) is 6.16. The molecule has 2 aromatic carbocycles. The Morgan fingerprint density at radius 1 is 0.778 bits per heavy atom. The van der Waals surface area contributed by atoms with Gasteiger partial charge in [-0.2, -0.15) is 0 Å². The average molecular weight is 241 g/mol. The summed E-state index contributed by atoms with van der Waals surface area (Å²) in [6.45, 7) is 6.82. The van der Waals surface area contributed by atoms with E-state index in [9.17, 15) is 0 Å². The predicted molar refractivity (Wildman–Crippen MR) is 80.7 cm³/mol. The molecule has 0 radical (unpaired) electrons. The van der Waals surface area contributed by atoms with Gasteiger partial charge in [-0.05, 0) is 36.6 Å². The molecule has 0 amide bonds. The lowest BCUT2D eigenvalue weighted by molar-refractivity contribution is 0.969. The van der Waals surface area contributed by atoms with Crippen LogP contribution >= 0.6 is 0 Å². The van der Waals surface area contributed by atoms with Crippen LogP contribution in [-0.4, -0.2) is 6.54 Å². The Hall–Kier alpha value is -1.60. The largest absolute Gasteiger partial charge is 0.330 e. The second kappa shape index (κ2) is 7.67. The molecule has 0 aromatic heterocycles. The van der Waals surface area contributed by atoms with E-state index in [2.05, 4.69) is 55.5 Å². The van der Waals surface area contributed by atoms with E-state index in [1.807, 2.05) is 13.8 Å². The van der Waals surface area contributed by atoms with Gasteiger partial charge in [0.25, 0.3) is 0 Å². The first-order valence-corrected chi connectivity index (χ1v) is 6.65. The van der Waals surface area contributed by atoms with Crippen molar-refractivity contribution in [2.45, 2.75) is 27.2 Å². The fourth-order valence-electron chi connectivity index (χ4n) is 1.78. The lowest BCUT2D eigenvalue weighted by Crippen LogP contribution is -2.02. The standard InChI is InChI=1S/C15H17N.C2H6/c1-12-2-6-14(7-3-12)15-8-4-13(5-9-15)10-11-16;1-2/h2-9H,10-11,16H2,1H3;1-2H3. The fourth-order valence-corrected chi connectivity index (χ4v) is 1.78. The lowest BCUT2D eigenvalue weighted by atomic mass is 10.0. The van der Waals surface area contributed by atoms with E-state index in [4.69, 9.17) is 5.73 Å². The van der Waals surface area contributed by atoms with Crippen molar-refractivity contribution in [3.63, 3.8) is 0 Å². The van der Waals surface area contributed by atoms with Gasteiger partial charge in [-0.25, -0.2) is 0 Å². The highest BCUT2D eigenvalue weighted by Gasteiger charge is 1.97. The summed E-state index contributed by atoms with van der Waals surface area (Å²) >= 11 is 0. The molecule has 2 N–H and O–H groups in total. The maximum atomic E-state index is 5.53. The van der Waals surface area contributed by atoms with Crippen LogP contribution in [-0.2, 0) is 6.42 Å². The molecule has 96 valence electrons. The van der Waals surface area contributed by atoms with Crippen LogP contribution in [0.4, 0.5) is 0 Å². The van der Waals surface area contributed by atoms with E-state index in [1.54, 1.807) is 0 Å². The zero-order valence-electron chi connectivity index (χ0n) is 11.6. The van der Waals surface area contributed by atoms with Gasteiger partial charge in [0, 0.05) is 0 Å². The molecule has 0 spiro atoms. The number of hydrogen-bond acceptors (Lipinski definition) is 1. The summed E-state index contributed by atoms with van der Waals surface area (Å²) in [7, 11) is 0. The minimum Gasteiger partial charge on any atom is -0.330 e. The van der Waals surface area contributed by atoms with E-state index in [1.165, 1.54) is 22.3 Å². The smallest absolute Gasteiger partial charge is 0.00367 e. The summed E-state index contributed by atoms with van der Waals surface area (Å²) in [5, 5.41) is 0. The fraction of sp³-hybridized carbons (Fsp3) is 0.294. The van der Waals surface area contributed by atoms with Gasteiger partial charge >= 0.3 is 0 Å².